The predicted octanol–water partition coefficient (Wildman–Crippen LogP) is 4.17. The van der Waals surface area contributed by atoms with Crippen molar-refractivity contribution < 1.29 is 9.59 Å². The lowest BCUT2D eigenvalue weighted by Gasteiger charge is -2.30. The van der Waals surface area contributed by atoms with Crippen LogP contribution in [0, 0.1) is 6.92 Å². The minimum Gasteiger partial charge on any atom is -0.348 e. The number of benzene rings is 1. The summed E-state index contributed by atoms with van der Waals surface area (Å²) in [7, 11) is 0. The van der Waals surface area contributed by atoms with E-state index in [4.69, 9.17) is 0 Å². The van der Waals surface area contributed by atoms with Crippen LogP contribution in [0.2, 0.25) is 0 Å². The summed E-state index contributed by atoms with van der Waals surface area (Å²) >= 11 is 1.59. The van der Waals surface area contributed by atoms with Crippen molar-refractivity contribution >= 4 is 29.2 Å². The van der Waals surface area contributed by atoms with E-state index in [0.717, 1.165) is 33.8 Å². The van der Waals surface area contributed by atoms with Gasteiger partial charge in [-0.05, 0) is 77.9 Å². The molecule has 35 heavy (non-hydrogen) atoms. The predicted molar refractivity (Wildman–Crippen MR) is 136 cm³/mol. The molecule has 0 atom stereocenters. The van der Waals surface area contributed by atoms with Gasteiger partial charge < -0.3 is 10.2 Å². The Bertz CT molecular complexity index is 1360. The van der Waals surface area contributed by atoms with Gasteiger partial charge in [0.1, 0.15) is 0 Å². The molecule has 4 aromatic rings. The lowest BCUT2D eigenvalue weighted by molar-refractivity contribution is -0.116. The molecule has 0 fully saturated rings. The van der Waals surface area contributed by atoms with Crippen LogP contribution in [0.3, 0.4) is 0 Å². The fraction of sp³-hybridized carbons (Fsp3) is 0.185. The third-order valence-corrected chi connectivity index (χ3v) is 6.99. The molecule has 176 valence electrons. The number of amides is 2. The van der Waals surface area contributed by atoms with Gasteiger partial charge in [0, 0.05) is 60.4 Å². The monoisotopic (exact) mass is 483 g/mol. The van der Waals surface area contributed by atoms with E-state index in [-0.39, 0.29) is 11.8 Å². The molecule has 1 aromatic carbocycles. The van der Waals surface area contributed by atoms with Gasteiger partial charge in [0.2, 0.25) is 5.91 Å². The zero-order chi connectivity index (χ0) is 24.2. The highest BCUT2D eigenvalue weighted by Gasteiger charge is 2.25. The lowest BCUT2D eigenvalue weighted by Crippen LogP contribution is -2.37. The smallest absolute Gasteiger partial charge is 0.254 e. The normalized spacial score (nSPS) is 13.1. The average Bonchev–Trinajstić information content (AvgIpc) is 3.61. The highest BCUT2D eigenvalue weighted by Crippen LogP contribution is 2.25. The van der Waals surface area contributed by atoms with E-state index in [1.54, 1.807) is 28.3 Å². The van der Waals surface area contributed by atoms with Gasteiger partial charge in [0.25, 0.3) is 5.91 Å². The molecule has 1 aliphatic rings. The number of thiophene rings is 1. The van der Waals surface area contributed by atoms with E-state index in [1.165, 1.54) is 5.56 Å². The van der Waals surface area contributed by atoms with Gasteiger partial charge in [0.15, 0.2) is 0 Å². The molecule has 5 rings (SSSR count). The Kier molecular flexibility index (Phi) is 6.54. The van der Waals surface area contributed by atoms with Gasteiger partial charge in [-0.2, -0.15) is 5.10 Å². The number of aryl methyl sites for hydroxylation is 1. The maximum absolute atomic E-state index is 13.2. The Morgan fingerprint density at radius 2 is 2.03 bits per heavy atom. The fourth-order valence-corrected chi connectivity index (χ4v) is 4.89. The minimum absolute atomic E-state index is 0.00296. The second-order valence-electron chi connectivity index (χ2n) is 8.37. The molecule has 1 aliphatic heterocycles. The summed E-state index contributed by atoms with van der Waals surface area (Å²) in [6, 6.07) is 13.3. The first-order chi connectivity index (χ1) is 17.1. The lowest BCUT2D eigenvalue weighted by atomic mass is 9.94. The van der Waals surface area contributed by atoms with Crippen LogP contribution in [0.15, 0.2) is 72.5 Å². The van der Waals surface area contributed by atoms with Crippen molar-refractivity contribution in [2.75, 3.05) is 6.54 Å². The van der Waals surface area contributed by atoms with Crippen LogP contribution in [-0.4, -0.2) is 38.0 Å². The Hall–Kier alpha value is -4.04. The second-order valence-corrected chi connectivity index (χ2v) is 9.35. The molecule has 0 radical (unpaired) electrons. The maximum atomic E-state index is 13.2. The molecule has 0 spiro atoms. The van der Waals surface area contributed by atoms with Crippen molar-refractivity contribution in [3.05, 3.63) is 105 Å². The van der Waals surface area contributed by atoms with Gasteiger partial charge in [-0.3, -0.25) is 14.6 Å². The number of carbonyl (C=O) groups is 2. The zero-order valence-corrected chi connectivity index (χ0v) is 20.2. The maximum Gasteiger partial charge on any atom is 0.254 e. The van der Waals surface area contributed by atoms with Gasteiger partial charge in [-0.15, -0.1) is 11.3 Å². The molecule has 1 N–H and O–H groups in total. The van der Waals surface area contributed by atoms with Crippen LogP contribution in [0.5, 0.6) is 0 Å². The summed E-state index contributed by atoms with van der Waals surface area (Å²) < 4.78 is 1.76. The fourth-order valence-electron chi connectivity index (χ4n) is 4.27. The summed E-state index contributed by atoms with van der Waals surface area (Å²) in [4.78, 5) is 32.9. The molecular weight excluding hydrogens is 458 g/mol. The van der Waals surface area contributed by atoms with Crippen LogP contribution < -0.4 is 5.32 Å². The second kappa shape index (κ2) is 10.1. The number of hydrogen-bond acceptors (Lipinski definition) is 5. The SMILES string of the molecule is Cc1ncc2c(c1CNC(=O)/C=C/c1cccs1)CCN(C(=O)c1ccc(-n3cccn3)cc1)C2. The van der Waals surface area contributed by atoms with Crippen LogP contribution in [0.25, 0.3) is 11.8 Å². The Balaban J connectivity index is 1.26. The summed E-state index contributed by atoms with van der Waals surface area (Å²) in [5.41, 5.74) is 5.71. The van der Waals surface area contributed by atoms with E-state index >= 15 is 0 Å². The van der Waals surface area contributed by atoms with Gasteiger partial charge in [0.05, 0.1) is 5.69 Å². The first kappa shape index (κ1) is 22.7. The summed E-state index contributed by atoms with van der Waals surface area (Å²) in [6.45, 7) is 3.50. The molecule has 0 saturated heterocycles. The van der Waals surface area contributed by atoms with Gasteiger partial charge >= 0.3 is 0 Å². The van der Waals surface area contributed by atoms with E-state index in [1.807, 2.05) is 78.1 Å². The summed E-state index contributed by atoms with van der Waals surface area (Å²) in [5, 5.41) is 9.18. The van der Waals surface area contributed by atoms with Crippen molar-refractivity contribution in [1.82, 2.24) is 25.0 Å². The Morgan fingerprint density at radius 3 is 2.77 bits per heavy atom. The number of aromatic nitrogens is 3. The van der Waals surface area contributed by atoms with Crippen LogP contribution in [-0.2, 0) is 24.3 Å². The molecule has 0 aliphatic carbocycles. The van der Waals surface area contributed by atoms with E-state index < -0.39 is 0 Å². The molecule has 7 nitrogen and oxygen atoms in total. The van der Waals surface area contributed by atoms with Gasteiger partial charge in [-0.25, -0.2) is 4.68 Å². The van der Waals surface area contributed by atoms with Crippen molar-refractivity contribution in [1.29, 1.82) is 0 Å². The van der Waals surface area contributed by atoms with Crippen LogP contribution in [0.1, 0.15) is 37.6 Å². The van der Waals surface area contributed by atoms with Crippen LogP contribution in [0.4, 0.5) is 0 Å². The number of nitrogens with one attached hydrogen (secondary N) is 1. The first-order valence-electron chi connectivity index (χ1n) is 11.4. The molecule has 4 heterocycles. The number of hydrogen-bond donors (Lipinski definition) is 1. The quantitative estimate of drug-likeness (QED) is 0.418. The van der Waals surface area contributed by atoms with E-state index in [2.05, 4.69) is 15.4 Å². The standard InChI is InChI=1S/C27H25N5O2S/c1-19-25(17-29-26(33)10-9-23-4-2-15-35-23)24-11-14-31(18-21(24)16-28-19)27(34)20-5-7-22(8-6-20)32-13-3-12-30-32/h2-10,12-13,15-16H,11,14,17-18H2,1H3,(H,29,33)/b10-9+. The topological polar surface area (TPSA) is 80.1 Å². The number of pyridine rings is 1. The zero-order valence-electron chi connectivity index (χ0n) is 19.3. The molecule has 0 saturated carbocycles. The minimum atomic E-state index is -0.137. The number of fused-ring (bicyclic) bond motifs is 1. The van der Waals surface area contributed by atoms with Crippen molar-refractivity contribution in [3.8, 4) is 5.69 Å². The Labute approximate surface area is 207 Å². The number of nitrogens with zero attached hydrogens (tertiary/aromatic N) is 4. The highest BCUT2D eigenvalue weighted by atomic mass is 32.1. The molecule has 8 heteroatoms. The third kappa shape index (κ3) is 5.07. The molecule has 0 bridgehead atoms. The van der Waals surface area contributed by atoms with Crippen molar-refractivity contribution in [3.63, 3.8) is 0 Å². The van der Waals surface area contributed by atoms with Crippen molar-refractivity contribution in [2.45, 2.75) is 26.4 Å². The Morgan fingerprint density at radius 1 is 1.17 bits per heavy atom. The average molecular weight is 484 g/mol. The summed E-state index contributed by atoms with van der Waals surface area (Å²) in [6.07, 6.45) is 9.55. The third-order valence-electron chi connectivity index (χ3n) is 6.15. The highest BCUT2D eigenvalue weighted by molar-refractivity contribution is 7.10. The largest absolute Gasteiger partial charge is 0.348 e. The molecule has 3 aromatic heterocycles. The van der Waals surface area contributed by atoms with Crippen LogP contribution >= 0.6 is 11.3 Å². The van der Waals surface area contributed by atoms with Gasteiger partial charge in [-0.1, -0.05) is 6.07 Å². The molecule has 2 amide bonds. The molecule has 0 unspecified atom stereocenters. The van der Waals surface area contributed by atoms with Crippen molar-refractivity contribution in [2.24, 2.45) is 0 Å². The molecular formula is C27H25N5O2S. The van der Waals surface area contributed by atoms with E-state index in [9.17, 15) is 9.59 Å². The first-order valence-corrected chi connectivity index (χ1v) is 12.3. The summed E-state index contributed by atoms with van der Waals surface area (Å²) in [5.74, 6) is -0.140. The number of rotatable bonds is 6. The van der Waals surface area contributed by atoms with E-state index in [0.29, 0.717) is 25.2 Å². The number of carbonyl (C=O) groups excluding carboxylic acids is 2.